The van der Waals surface area contributed by atoms with Gasteiger partial charge < -0.3 is 5.11 Å². The molecule has 1 N–H and O–H groups in total. The molecule has 0 fully saturated rings. The van der Waals surface area contributed by atoms with Crippen molar-refractivity contribution in [2.45, 2.75) is 20.0 Å². The Morgan fingerprint density at radius 1 is 0.727 bits per heavy atom. The first-order chi connectivity index (χ1) is 10.6. The van der Waals surface area contributed by atoms with Gasteiger partial charge in [0.25, 0.3) is 0 Å². The lowest BCUT2D eigenvalue weighted by Gasteiger charge is -2.15. The van der Waals surface area contributed by atoms with Crippen molar-refractivity contribution in [1.82, 2.24) is 0 Å². The SMILES string of the molecule is Cc1ccc([C@@H](O)c2ccc(-c3ccccc3)cc2)c(C)c1. The number of benzene rings is 3. The summed E-state index contributed by atoms with van der Waals surface area (Å²) in [5.74, 6) is 0. The van der Waals surface area contributed by atoms with E-state index in [2.05, 4.69) is 37.3 Å². The average Bonchev–Trinajstić information content (AvgIpc) is 2.55. The van der Waals surface area contributed by atoms with Crippen LogP contribution in [0, 0.1) is 13.8 Å². The van der Waals surface area contributed by atoms with E-state index < -0.39 is 6.10 Å². The Morgan fingerprint density at radius 3 is 2.00 bits per heavy atom. The third kappa shape index (κ3) is 2.95. The van der Waals surface area contributed by atoms with Crippen molar-refractivity contribution >= 4 is 0 Å². The minimum absolute atomic E-state index is 0.578. The fourth-order valence-electron chi connectivity index (χ4n) is 2.80. The third-order valence-electron chi connectivity index (χ3n) is 4.05. The smallest absolute Gasteiger partial charge is 0.104 e. The van der Waals surface area contributed by atoms with Gasteiger partial charge in [0.2, 0.25) is 0 Å². The van der Waals surface area contributed by atoms with Crippen LogP contribution in [0.1, 0.15) is 28.4 Å². The molecule has 3 aromatic rings. The molecule has 1 heteroatoms. The lowest BCUT2D eigenvalue weighted by atomic mass is 9.95. The van der Waals surface area contributed by atoms with Crippen LogP contribution < -0.4 is 0 Å². The summed E-state index contributed by atoms with van der Waals surface area (Å²) in [6.45, 7) is 4.11. The molecular formula is C21H20O. The molecule has 0 saturated heterocycles. The highest BCUT2D eigenvalue weighted by Crippen LogP contribution is 2.27. The number of rotatable bonds is 3. The van der Waals surface area contributed by atoms with E-state index in [1.165, 1.54) is 11.1 Å². The molecule has 0 aromatic heterocycles. The lowest BCUT2D eigenvalue weighted by molar-refractivity contribution is 0.219. The Bertz CT molecular complexity index is 758. The van der Waals surface area contributed by atoms with E-state index in [4.69, 9.17) is 0 Å². The van der Waals surface area contributed by atoms with E-state index in [1.54, 1.807) is 0 Å². The van der Waals surface area contributed by atoms with Crippen molar-refractivity contribution in [2.75, 3.05) is 0 Å². The van der Waals surface area contributed by atoms with Crippen molar-refractivity contribution in [3.8, 4) is 11.1 Å². The lowest BCUT2D eigenvalue weighted by Crippen LogP contribution is -2.02. The maximum atomic E-state index is 10.6. The van der Waals surface area contributed by atoms with Gasteiger partial charge in [0.1, 0.15) is 6.10 Å². The van der Waals surface area contributed by atoms with Crippen molar-refractivity contribution in [2.24, 2.45) is 0 Å². The Hall–Kier alpha value is -2.38. The highest BCUT2D eigenvalue weighted by molar-refractivity contribution is 5.63. The third-order valence-corrected chi connectivity index (χ3v) is 4.05. The molecule has 0 aliphatic heterocycles. The molecule has 0 bridgehead atoms. The summed E-state index contributed by atoms with van der Waals surface area (Å²) in [5.41, 5.74) is 6.59. The fraction of sp³-hybridized carbons (Fsp3) is 0.143. The second kappa shape index (κ2) is 6.17. The van der Waals surface area contributed by atoms with Gasteiger partial charge in [-0.15, -0.1) is 0 Å². The number of aliphatic hydroxyl groups is 1. The zero-order valence-corrected chi connectivity index (χ0v) is 13.0. The number of hydrogen-bond donors (Lipinski definition) is 1. The molecule has 1 nitrogen and oxygen atoms in total. The topological polar surface area (TPSA) is 20.2 Å². The molecule has 0 aliphatic rings. The van der Waals surface area contributed by atoms with Crippen LogP contribution in [0.4, 0.5) is 0 Å². The Kier molecular flexibility index (Phi) is 4.08. The Morgan fingerprint density at radius 2 is 1.36 bits per heavy atom. The van der Waals surface area contributed by atoms with E-state index in [-0.39, 0.29) is 0 Å². The molecule has 1 atom stereocenters. The van der Waals surface area contributed by atoms with Crippen LogP contribution in [0.5, 0.6) is 0 Å². The second-order valence-electron chi connectivity index (χ2n) is 5.75. The van der Waals surface area contributed by atoms with Crippen molar-refractivity contribution in [3.63, 3.8) is 0 Å². The van der Waals surface area contributed by atoms with Gasteiger partial charge in [-0.1, -0.05) is 78.4 Å². The summed E-state index contributed by atoms with van der Waals surface area (Å²) in [4.78, 5) is 0. The van der Waals surface area contributed by atoms with Crippen LogP contribution in [0.25, 0.3) is 11.1 Å². The quantitative estimate of drug-likeness (QED) is 0.715. The summed E-state index contributed by atoms with van der Waals surface area (Å²) in [6, 6.07) is 24.6. The number of hydrogen-bond acceptors (Lipinski definition) is 1. The summed E-state index contributed by atoms with van der Waals surface area (Å²) in [6.07, 6.45) is -0.578. The van der Waals surface area contributed by atoms with Crippen molar-refractivity contribution in [3.05, 3.63) is 95.1 Å². The van der Waals surface area contributed by atoms with Crippen LogP contribution in [0.2, 0.25) is 0 Å². The maximum absolute atomic E-state index is 10.6. The first-order valence-corrected chi connectivity index (χ1v) is 7.56. The van der Waals surface area contributed by atoms with E-state index in [0.717, 1.165) is 22.3 Å². The zero-order chi connectivity index (χ0) is 15.5. The highest BCUT2D eigenvalue weighted by Gasteiger charge is 2.12. The highest BCUT2D eigenvalue weighted by atomic mass is 16.3. The van der Waals surface area contributed by atoms with Gasteiger partial charge in [-0.2, -0.15) is 0 Å². The van der Waals surface area contributed by atoms with Crippen molar-refractivity contribution < 1.29 is 5.11 Å². The molecule has 3 aromatic carbocycles. The predicted octanol–water partition coefficient (Wildman–Crippen LogP) is 5.05. The Labute approximate surface area is 131 Å². The van der Waals surface area contributed by atoms with Crippen LogP contribution >= 0.6 is 0 Å². The van der Waals surface area contributed by atoms with E-state index in [9.17, 15) is 5.11 Å². The molecule has 0 spiro atoms. The van der Waals surface area contributed by atoms with E-state index in [0.29, 0.717) is 0 Å². The van der Waals surface area contributed by atoms with Crippen LogP contribution in [-0.4, -0.2) is 5.11 Å². The monoisotopic (exact) mass is 288 g/mol. The van der Waals surface area contributed by atoms with E-state index >= 15 is 0 Å². The predicted molar refractivity (Wildman–Crippen MR) is 91.9 cm³/mol. The first kappa shape index (κ1) is 14.6. The van der Waals surface area contributed by atoms with Crippen LogP contribution in [0.15, 0.2) is 72.8 Å². The van der Waals surface area contributed by atoms with E-state index in [1.807, 2.05) is 49.4 Å². The standard InChI is InChI=1S/C21H20O/c1-15-8-13-20(16(2)14-15)21(22)19-11-9-18(10-12-19)17-6-4-3-5-7-17/h3-14,21-22H,1-2H3/t21-/m0/s1. The average molecular weight is 288 g/mol. The Balaban J connectivity index is 1.89. The molecule has 22 heavy (non-hydrogen) atoms. The van der Waals surface area contributed by atoms with Gasteiger partial charge in [0.05, 0.1) is 0 Å². The molecule has 0 aliphatic carbocycles. The van der Waals surface area contributed by atoms with Crippen LogP contribution in [0.3, 0.4) is 0 Å². The molecule has 0 amide bonds. The van der Waals surface area contributed by atoms with Gasteiger partial charge >= 0.3 is 0 Å². The largest absolute Gasteiger partial charge is 0.384 e. The minimum atomic E-state index is -0.578. The summed E-state index contributed by atoms with van der Waals surface area (Å²) >= 11 is 0. The van der Waals surface area contributed by atoms with Gasteiger partial charge in [0, 0.05) is 0 Å². The minimum Gasteiger partial charge on any atom is -0.384 e. The summed E-state index contributed by atoms with van der Waals surface area (Å²) < 4.78 is 0. The van der Waals surface area contributed by atoms with Gasteiger partial charge in [-0.3, -0.25) is 0 Å². The molecular weight excluding hydrogens is 268 g/mol. The van der Waals surface area contributed by atoms with Gasteiger partial charge in [-0.05, 0) is 41.7 Å². The van der Waals surface area contributed by atoms with Gasteiger partial charge in [-0.25, -0.2) is 0 Å². The number of aliphatic hydroxyl groups excluding tert-OH is 1. The summed E-state index contributed by atoms with van der Waals surface area (Å²) in [7, 11) is 0. The van der Waals surface area contributed by atoms with Gasteiger partial charge in [0.15, 0.2) is 0 Å². The molecule has 0 radical (unpaired) electrons. The summed E-state index contributed by atoms with van der Waals surface area (Å²) in [5, 5.41) is 10.6. The number of aryl methyl sites for hydroxylation is 2. The molecule has 3 rings (SSSR count). The molecule has 0 saturated carbocycles. The molecule has 0 unspecified atom stereocenters. The normalized spacial score (nSPS) is 12.1. The second-order valence-corrected chi connectivity index (χ2v) is 5.75. The maximum Gasteiger partial charge on any atom is 0.104 e. The first-order valence-electron chi connectivity index (χ1n) is 7.56. The fourth-order valence-corrected chi connectivity index (χ4v) is 2.80. The van der Waals surface area contributed by atoms with Crippen molar-refractivity contribution in [1.29, 1.82) is 0 Å². The molecule has 110 valence electrons. The molecule has 0 heterocycles. The zero-order valence-electron chi connectivity index (χ0n) is 13.0. The van der Waals surface area contributed by atoms with Crippen LogP contribution in [-0.2, 0) is 0 Å².